The Balaban J connectivity index is 2.12. The van der Waals surface area contributed by atoms with E-state index >= 15 is 0 Å². The summed E-state index contributed by atoms with van der Waals surface area (Å²) in [5, 5.41) is 11.1. The first kappa shape index (κ1) is 15.3. The summed E-state index contributed by atoms with van der Waals surface area (Å²) in [5.74, 6) is 2.08. The van der Waals surface area contributed by atoms with Gasteiger partial charge in [-0.15, -0.1) is 0 Å². The number of aliphatic hydroxyl groups excluding tert-OH is 1. The summed E-state index contributed by atoms with van der Waals surface area (Å²) >= 11 is 0. The first-order valence-electron chi connectivity index (χ1n) is 8.31. The maximum absolute atomic E-state index is 11.1. The van der Waals surface area contributed by atoms with Gasteiger partial charge in [-0.1, -0.05) is 33.1 Å². The monoisotopic (exact) mass is 267 g/mol. The van der Waals surface area contributed by atoms with Crippen LogP contribution in [0.3, 0.4) is 0 Å². The topological polar surface area (TPSA) is 23.5 Å². The Morgan fingerprint density at radius 2 is 1.47 bits per heavy atom. The van der Waals surface area contributed by atoms with Crippen LogP contribution in [0.4, 0.5) is 0 Å². The molecule has 2 aliphatic rings. The Bertz CT molecular complexity index is 273. The van der Waals surface area contributed by atoms with Gasteiger partial charge in [-0.05, 0) is 64.0 Å². The minimum absolute atomic E-state index is 0.0553. The number of aliphatic hydroxyl groups is 1. The van der Waals surface area contributed by atoms with Crippen LogP contribution < -0.4 is 0 Å². The molecular weight excluding hydrogens is 234 g/mol. The van der Waals surface area contributed by atoms with Crippen molar-refractivity contribution in [2.75, 3.05) is 14.1 Å². The average Bonchev–Trinajstić information content (AvgIpc) is 2.37. The molecule has 2 rings (SSSR count). The van der Waals surface area contributed by atoms with E-state index in [9.17, 15) is 5.11 Å². The van der Waals surface area contributed by atoms with Crippen LogP contribution in [0.2, 0.25) is 0 Å². The average molecular weight is 267 g/mol. The van der Waals surface area contributed by atoms with Gasteiger partial charge >= 0.3 is 0 Å². The molecule has 112 valence electrons. The maximum atomic E-state index is 11.1. The standard InChI is InChI=1S/C17H33NO/c1-13-10-14(2)12-15(11-13)16(19)17(18(3)4)8-6-5-7-9-17/h13-16,19H,5-12H2,1-4H3. The summed E-state index contributed by atoms with van der Waals surface area (Å²) < 4.78 is 0. The molecule has 0 aromatic rings. The van der Waals surface area contributed by atoms with Gasteiger partial charge in [0, 0.05) is 5.54 Å². The molecule has 2 fully saturated rings. The van der Waals surface area contributed by atoms with Crippen LogP contribution in [0, 0.1) is 17.8 Å². The van der Waals surface area contributed by atoms with Gasteiger partial charge in [-0.25, -0.2) is 0 Å². The van der Waals surface area contributed by atoms with Crippen molar-refractivity contribution in [3.8, 4) is 0 Å². The maximum Gasteiger partial charge on any atom is 0.0751 e. The van der Waals surface area contributed by atoms with E-state index in [1.165, 1.54) is 51.4 Å². The number of hydrogen-bond acceptors (Lipinski definition) is 2. The minimum atomic E-state index is -0.131. The Morgan fingerprint density at radius 3 is 1.95 bits per heavy atom. The number of likely N-dealkylation sites (N-methyl/N-ethyl adjacent to an activating group) is 1. The first-order chi connectivity index (χ1) is 8.95. The van der Waals surface area contributed by atoms with Crippen molar-refractivity contribution in [1.82, 2.24) is 4.90 Å². The van der Waals surface area contributed by atoms with Crippen molar-refractivity contribution in [2.45, 2.75) is 76.9 Å². The molecule has 2 aliphatic carbocycles. The van der Waals surface area contributed by atoms with Gasteiger partial charge in [-0.3, -0.25) is 0 Å². The van der Waals surface area contributed by atoms with Crippen molar-refractivity contribution in [3.05, 3.63) is 0 Å². The highest BCUT2D eigenvalue weighted by molar-refractivity contribution is 5.00. The smallest absolute Gasteiger partial charge is 0.0751 e. The molecule has 0 radical (unpaired) electrons. The summed E-state index contributed by atoms with van der Waals surface area (Å²) in [7, 11) is 4.34. The van der Waals surface area contributed by atoms with Gasteiger partial charge in [0.15, 0.2) is 0 Å². The van der Waals surface area contributed by atoms with Gasteiger partial charge in [-0.2, -0.15) is 0 Å². The third-order valence-corrected chi connectivity index (χ3v) is 5.82. The van der Waals surface area contributed by atoms with Crippen molar-refractivity contribution in [3.63, 3.8) is 0 Å². The molecule has 0 amide bonds. The van der Waals surface area contributed by atoms with Gasteiger partial charge in [0.1, 0.15) is 0 Å². The van der Waals surface area contributed by atoms with Crippen LogP contribution in [-0.2, 0) is 0 Å². The molecule has 0 aliphatic heterocycles. The molecule has 0 bridgehead atoms. The lowest BCUT2D eigenvalue weighted by molar-refractivity contribution is -0.0778. The molecule has 2 saturated carbocycles. The highest BCUT2D eigenvalue weighted by Gasteiger charge is 2.45. The fourth-order valence-corrected chi connectivity index (χ4v) is 4.88. The molecule has 19 heavy (non-hydrogen) atoms. The zero-order chi connectivity index (χ0) is 14.0. The molecule has 2 nitrogen and oxygen atoms in total. The third kappa shape index (κ3) is 3.16. The number of hydrogen-bond donors (Lipinski definition) is 1. The van der Waals surface area contributed by atoms with E-state index < -0.39 is 0 Å². The second-order valence-electron chi connectivity index (χ2n) is 7.68. The molecule has 0 aromatic heterocycles. The number of nitrogens with zero attached hydrogens (tertiary/aromatic N) is 1. The normalized spacial score (nSPS) is 37.3. The Labute approximate surface area is 119 Å². The lowest BCUT2D eigenvalue weighted by atomic mass is 9.66. The molecular formula is C17H33NO. The van der Waals surface area contributed by atoms with E-state index in [1.807, 2.05) is 0 Å². The lowest BCUT2D eigenvalue weighted by Gasteiger charge is -2.50. The third-order valence-electron chi connectivity index (χ3n) is 5.82. The van der Waals surface area contributed by atoms with E-state index in [0.717, 1.165) is 11.8 Å². The molecule has 2 heteroatoms. The molecule has 3 atom stereocenters. The highest BCUT2D eigenvalue weighted by atomic mass is 16.3. The number of rotatable bonds is 3. The quantitative estimate of drug-likeness (QED) is 0.843. The van der Waals surface area contributed by atoms with Gasteiger partial charge in [0.2, 0.25) is 0 Å². The lowest BCUT2D eigenvalue weighted by Crippen LogP contribution is -2.58. The second-order valence-corrected chi connectivity index (χ2v) is 7.68. The molecule has 0 aromatic carbocycles. The molecule has 3 unspecified atom stereocenters. The molecule has 0 heterocycles. The van der Waals surface area contributed by atoms with Gasteiger partial charge in [0.05, 0.1) is 6.10 Å². The zero-order valence-corrected chi connectivity index (χ0v) is 13.4. The van der Waals surface area contributed by atoms with Crippen LogP contribution in [0.25, 0.3) is 0 Å². The van der Waals surface area contributed by atoms with Crippen LogP contribution in [0.1, 0.15) is 65.2 Å². The minimum Gasteiger partial charge on any atom is -0.391 e. The van der Waals surface area contributed by atoms with Crippen molar-refractivity contribution < 1.29 is 5.11 Å². The Kier molecular flexibility index (Phi) is 4.94. The van der Waals surface area contributed by atoms with Crippen molar-refractivity contribution >= 4 is 0 Å². The fraction of sp³-hybridized carbons (Fsp3) is 1.00. The molecule has 0 saturated heterocycles. The van der Waals surface area contributed by atoms with E-state index in [2.05, 4.69) is 32.8 Å². The Morgan fingerprint density at radius 1 is 0.947 bits per heavy atom. The van der Waals surface area contributed by atoms with Crippen molar-refractivity contribution in [1.29, 1.82) is 0 Å². The summed E-state index contributed by atoms with van der Waals surface area (Å²) in [6, 6.07) is 0. The first-order valence-corrected chi connectivity index (χ1v) is 8.31. The van der Waals surface area contributed by atoms with E-state index in [4.69, 9.17) is 0 Å². The fourth-order valence-electron chi connectivity index (χ4n) is 4.88. The van der Waals surface area contributed by atoms with Crippen LogP contribution in [0.5, 0.6) is 0 Å². The zero-order valence-electron chi connectivity index (χ0n) is 13.4. The molecule has 1 N–H and O–H groups in total. The Hall–Kier alpha value is -0.0800. The predicted octanol–water partition coefficient (Wildman–Crippen LogP) is 3.68. The van der Waals surface area contributed by atoms with Crippen LogP contribution in [-0.4, -0.2) is 35.7 Å². The van der Waals surface area contributed by atoms with Gasteiger partial charge < -0.3 is 10.0 Å². The largest absolute Gasteiger partial charge is 0.391 e. The van der Waals surface area contributed by atoms with E-state index in [-0.39, 0.29) is 11.6 Å². The SMILES string of the molecule is CC1CC(C)CC(C(O)C2(N(C)C)CCCCC2)C1. The van der Waals surface area contributed by atoms with E-state index in [0.29, 0.717) is 5.92 Å². The summed E-state index contributed by atoms with van der Waals surface area (Å²) in [4.78, 5) is 2.33. The van der Waals surface area contributed by atoms with Crippen LogP contribution >= 0.6 is 0 Å². The van der Waals surface area contributed by atoms with Gasteiger partial charge in [0.25, 0.3) is 0 Å². The highest BCUT2D eigenvalue weighted by Crippen LogP contribution is 2.43. The molecule has 0 spiro atoms. The second kappa shape index (κ2) is 6.13. The predicted molar refractivity (Wildman–Crippen MR) is 81.2 cm³/mol. The van der Waals surface area contributed by atoms with Crippen LogP contribution in [0.15, 0.2) is 0 Å². The summed E-state index contributed by atoms with van der Waals surface area (Å²) in [6.07, 6.45) is 9.94. The van der Waals surface area contributed by atoms with E-state index in [1.54, 1.807) is 0 Å². The summed E-state index contributed by atoms with van der Waals surface area (Å²) in [5.41, 5.74) is 0.0553. The summed E-state index contributed by atoms with van der Waals surface area (Å²) in [6.45, 7) is 4.72. The van der Waals surface area contributed by atoms with Crippen molar-refractivity contribution in [2.24, 2.45) is 17.8 Å².